The molecular weight excluding hydrogens is 382 g/mol. The maximum Gasteiger partial charge on any atom is 0.310 e. The van der Waals surface area contributed by atoms with Gasteiger partial charge in [0.15, 0.2) is 6.61 Å². The van der Waals surface area contributed by atoms with Gasteiger partial charge >= 0.3 is 5.97 Å². The van der Waals surface area contributed by atoms with Crippen molar-refractivity contribution in [3.63, 3.8) is 0 Å². The Labute approximate surface area is 153 Å². The van der Waals surface area contributed by atoms with Crippen LogP contribution < -0.4 is 5.32 Å². The van der Waals surface area contributed by atoms with E-state index in [4.69, 9.17) is 4.74 Å². The highest BCUT2D eigenvalue weighted by Crippen LogP contribution is 2.18. The number of hydrogen-bond donors (Lipinski definition) is 1. The average Bonchev–Trinajstić information content (AvgIpc) is 2.62. The lowest BCUT2D eigenvalue weighted by Gasteiger charge is -2.08. The molecule has 0 bridgehead atoms. The van der Waals surface area contributed by atoms with Crippen LogP contribution in [0, 0.1) is 0 Å². The molecule has 5 heteroatoms. The predicted octanol–water partition coefficient (Wildman–Crippen LogP) is 4.33. The first-order valence-electron chi connectivity index (χ1n) is 7.79. The zero-order valence-electron chi connectivity index (χ0n) is 13.4. The number of fused-ring (bicyclic) bond motifs is 1. The van der Waals surface area contributed by atoms with Crippen molar-refractivity contribution in [2.45, 2.75) is 6.42 Å². The highest BCUT2D eigenvalue weighted by molar-refractivity contribution is 9.10. The van der Waals surface area contributed by atoms with Crippen LogP contribution in [0.2, 0.25) is 0 Å². The summed E-state index contributed by atoms with van der Waals surface area (Å²) in [5.41, 5.74) is 1.51. The van der Waals surface area contributed by atoms with E-state index < -0.39 is 5.97 Å². The molecule has 1 N–H and O–H groups in total. The van der Waals surface area contributed by atoms with E-state index in [1.165, 1.54) is 0 Å². The van der Waals surface area contributed by atoms with Gasteiger partial charge in [-0.3, -0.25) is 9.59 Å². The van der Waals surface area contributed by atoms with E-state index in [1.54, 1.807) is 0 Å². The summed E-state index contributed by atoms with van der Waals surface area (Å²) in [6.45, 7) is -0.303. The normalized spacial score (nSPS) is 10.4. The maximum atomic E-state index is 12.0. The monoisotopic (exact) mass is 397 g/mol. The van der Waals surface area contributed by atoms with Gasteiger partial charge in [0.2, 0.25) is 0 Å². The van der Waals surface area contributed by atoms with Crippen molar-refractivity contribution in [3.8, 4) is 0 Å². The van der Waals surface area contributed by atoms with Crippen LogP contribution in [0.15, 0.2) is 71.2 Å². The number of ether oxygens (including phenoxy) is 1. The lowest BCUT2D eigenvalue weighted by molar-refractivity contribution is -0.146. The molecule has 0 unspecified atom stereocenters. The fourth-order valence-corrected chi connectivity index (χ4v) is 2.69. The second-order valence-electron chi connectivity index (χ2n) is 5.57. The summed E-state index contributed by atoms with van der Waals surface area (Å²) in [7, 11) is 0. The van der Waals surface area contributed by atoms with Gasteiger partial charge in [-0.25, -0.2) is 0 Å². The number of carbonyl (C=O) groups excluding carboxylic acids is 2. The third-order valence-corrected chi connectivity index (χ3v) is 4.19. The number of anilines is 1. The van der Waals surface area contributed by atoms with E-state index in [0.717, 1.165) is 20.8 Å². The molecule has 126 valence electrons. The van der Waals surface area contributed by atoms with Crippen LogP contribution in [0.3, 0.4) is 0 Å². The van der Waals surface area contributed by atoms with Crippen molar-refractivity contribution in [1.29, 1.82) is 0 Å². The Bertz CT molecular complexity index is 906. The van der Waals surface area contributed by atoms with Gasteiger partial charge in [-0.1, -0.05) is 58.4 Å². The van der Waals surface area contributed by atoms with Crippen LogP contribution >= 0.6 is 15.9 Å². The van der Waals surface area contributed by atoms with Gasteiger partial charge < -0.3 is 10.1 Å². The van der Waals surface area contributed by atoms with Crippen molar-refractivity contribution in [1.82, 2.24) is 0 Å². The van der Waals surface area contributed by atoms with Crippen molar-refractivity contribution in [2.24, 2.45) is 0 Å². The summed E-state index contributed by atoms with van der Waals surface area (Å²) in [4.78, 5) is 23.8. The average molecular weight is 398 g/mol. The topological polar surface area (TPSA) is 55.4 Å². The fourth-order valence-electron chi connectivity index (χ4n) is 2.43. The highest BCUT2D eigenvalue weighted by atomic mass is 79.9. The molecular formula is C20H16BrNO3. The number of nitrogens with one attached hydrogen (secondary N) is 1. The quantitative estimate of drug-likeness (QED) is 0.651. The summed E-state index contributed by atoms with van der Waals surface area (Å²) in [6, 6.07) is 20.9. The van der Waals surface area contributed by atoms with Gasteiger partial charge in [-0.15, -0.1) is 0 Å². The second-order valence-corrected chi connectivity index (χ2v) is 6.49. The third kappa shape index (κ3) is 4.90. The Kier molecular flexibility index (Phi) is 5.46. The number of esters is 1. The van der Waals surface area contributed by atoms with Crippen LogP contribution in [0.1, 0.15) is 5.56 Å². The number of benzene rings is 3. The van der Waals surface area contributed by atoms with Crippen LogP contribution in [0.25, 0.3) is 10.8 Å². The molecule has 0 aliphatic rings. The molecule has 0 spiro atoms. The van der Waals surface area contributed by atoms with Gasteiger partial charge in [0, 0.05) is 10.2 Å². The minimum absolute atomic E-state index is 0.135. The zero-order chi connectivity index (χ0) is 17.6. The molecule has 0 atom stereocenters. The first-order valence-corrected chi connectivity index (χ1v) is 8.58. The Hall–Kier alpha value is -2.66. The lowest BCUT2D eigenvalue weighted by Crippen LogP contribution is -2.21. The first kappa shape index (κ1) is 17.2. The molecule has 0 fully saturated rings. The molecule has 0 aromatic heterocycles. The zero-order valence-corrected chi connectivity index (χ0v) is 15.0. The molecule has 0 radical (unpaired) electrons. The largest absolute Gasteiger partial charge is 0.455 e. The molecule has 0 saturated carbocycles. The van der Waals surface area contributed by atoms with Crippen LogP contribution in [-0.4, -0.2) is 18.5 Å². The summed E-state index contributed by atoms with van der Waals surface area (Å²) in [6.07, 6.45) is 0.135. The second kappa shape index (κ2) is 7.94. The van der Waals surface area contributed by atoms with E-state index >= 15 is 0 Å². The molecule has 3 aromatic rings. The van der Waals surface area contributed by atoms with Gasteiger partial charge in [0.25, 0.3) is 5.91 Å². The molecule has 3 rings (SSSR count). The van der Waals surface area contributed by atoms with Crippen molar-refractivity contribution in [3.05, 3.63) is 76.8 Å². The maximum absolute atomic E-state index is 12.0. The molecule has 0 aliphatic heterocycles. The lowest BCUT2D eigenvalue weighted by atomic mass is 10.1. The smallest absolute Gasteiger partial charge is 0.310 e. The van der Waals surface area contributed by atoms with Gasteiger partial charge in [-0.05, 0) is 40.6 Å². The minimum Gasteiger partial charge on any atom is -0.455 e. The fraction of sp³-hybridized carbons (Fsp3) is 0.100. The molecule has 4 nitrogen and oxygen atoms in total. The molecule has 3 aromatic carbocycles. The number of halogens is 1. The van der Waals surface area contributed by atoms with Crippen LogP contribution in [-0.2, 0) is 20.7 Å². The number of amides is 1. The SMILES string of the molecule is O=C(COC(=O)Cc1ccc(Br)cc1)Nc1ccc2ccccc2c1. The van der Waals surface area contributed by atoms with E-state index in [0.29, 0.717) is 5.69 Å². The third-order valence-electron chi connectivity index (χ3n) is 3.66. The van der Waals surface area contributed by atoms with Crippen molar-refractivity contribution < 1.29 is 14.3 Å². The number of carbonyl (C=O) groups is 2. The van der Waals surface area contributed by atoms with Crippen LogP contribution in [0.5, 0.6) is 0 Å². The van der Waals surface area contributed by atoms with Gasteiger partial charge in [-0.2, -0.15) is 0 Å². The van der Waals surface area contributed by atoms with Crippen LogP contribution in [0.4, 0.5) is 5.69 Å². The Morgan fingerprint density at radius 1 is 0.920 bits per heavy atom. The first-order chi connectivity index (χ1) is 12.1. The molecule has 0 heterocycles. The van der Waals surface area contributed by atoms with Crippen molar-refractivity contribution >= 4 is 44.3 Å². The summed E-state index contributed by atoms with van der Waals surface area (Å²) in [5.74, 6) is -0.796. The van der Waals surface area contributed by atoms with E-state index in [-0.39, 0.29) is 18.9 Å². The van der Waals surface area contributed by atoms with Gasteiger partial charge in [0.05, 0.1) is 6.42 Å². The van der Waals surface area contributed by atoms with Gasteiger partial charge in [0.1, 0.15) is 0 Å². The number of hydrogen-bond acceptors (Lipinski definition) is 3. The Morgan fingerprint density at radius 2 is 1.64 bits per heavy atom. The Balaban J connectivity index is 1.51. The molecule has 0 saturated heterocycles. The minimum atomic E-state index is -0.434. The highest BCUT2D eigenvalue weighted by Gasteiger charge is 2.09. The summed E-state index contributed by atoms with van der Waals surface area (Å²) in [5, 5.41) is 4.87. The van der Waals surface area contributed by atoms with E-state index in [9.17, 15) is 9.59 Å². The summed E-state index contributed by atoms with van der Waals surface area (Å²) < 4.78 is 5.98. The number of rotatable bonds is 5. The van der Waals surface area contributed by atoms with E-state index in [1.807, 2.05) is 66.7 Å². The molecule has 0 aliphatic carbocycles. The standard InChI is InChI=1S/C20H16BrNO3/c21-17-8-5-14(6-9-17)11-20(24)25-13-19(23)22-18-10-7-15-3-1-2-4-16(15)12-18/h1-10,12H,11,13H2,(H,22,23). The summed E-state index contributed by atoms with van der Waals surface area (Å²) >= 11 is 3.34. The molecule has 1 amide bonds. The van der Waals surface area contributed by atoms with E-state index in [2.05, 4.69) is 21.2 Å². The molecule has 25 heavy (non-hydrogen) atoms. The Morgan fingerprint density at radius 3 is 2.40 bits per heavy atom. The van der Waals surface area contributed by atoms with Crippen molar-refractivity contribution in [2.75, 3.05) is 11.9 Å². The predicted molar refractivity (Wildman–Crippen MR) is 101 cm³/mol.